The van der Waals surface area contributed by atoms with Gasteiger partial charge in [-0.1, -0.05) is 40.0 Å². The van der Waals surface area contributed by atoms with Crippen molar-refractivity contribution < 1.29 is 9.59 Å². The number of nitrogens with one attached hydrogen (secondary N) is 1. The second kappa shape index (κ2) is 6.15. The number of rotatable bonds is 2. The monoisotopic (exact) mass is 280 g/mol. The van der Waals surface area contributed by atoms with Crippen molar-refractivity contribution in [1.82, 2.24) is 10.2 Å². The van der Waals surface area contributed by atoms with Gasteiger partial charge in [-0.2, -0.15) is 0 Å². The Hall–Kier alpha value is -1.06. The predicted molar refractivity (Wildman–Crippen MR) is 79.2 cm³/mol. The Labute approximate surface area is 122 Å². The molecule has 0 bridgehead atoms. The molecule has 0 spiro atoms. The van der Waals surface area contributed by atoms with Crippen molar-refractivity contribution in [2.75, 3.05) is 6.54 Å². The number of hydrogen-bond acceptors (Lipinski definition) is 2. The number of nitrogens with zero attached hydrogens (tertiary/aromatic N) is 1. The van der Waals surface area contributed by atoms with Crippen LogP contribution < -0.4 is 5.32 Å². The molecule has 2 amide bonds. The van der Waals surface area contributed by atoms with Crippen LogP contribution in [0.5, 0.6) is 0 Å². The lowest BCUT2D eigenvalue weighted by atomic mass is 9.93. The summed E-state index contributed by atoms with van der Waals surface area (Å²) in [6.45, 7) is 6.48. The van der Waals surface area contributed by atoms with Crippen LogP contribution in [0.25, 0.3) is 0 Å². The van der Waals surface area contributed by atoms with Gasteiger partial charge in [0.25, 0.3) is 0 Å². The summed E-state index contributed by atoms with van der Waals surface area (Å²) in [4.78, 5) is 26.7. The van der Waals surface area contributed by atoms with Crippen LogP contribution in [0, 0.1) is 5.41 Å². The van der Waals surface area contributed by atoms with E-state index >= 15 is 0 Å². The zero-order valence-electron chi connectivity index (χ0n) is 13.1. The molecule has 20 heavy (non-hydrogen) atoms. The number of likely N-dealkylation sites (tertiary alicyclic amines) is 1. The molecule has 1 saturated carbocycles. The Bertz CT molecular complexity index is 367. The normalized spacial score (nSPS) is 24.8. The average molecular weight is 280 g/mol. The van der Waals surface area contributed by atoms with Crippen molar-refractivity contribution in [1.29, 1.82) is 0 Å². The fourth-order valence-electron chi connectivity index (χ4n) is 3.26. The lowest BCUT2D eigenvalue weighted by molar-refractivity contribution is -0.144. The van der Waals surface area contributed by atoms with E-state index in [1.807, 2.05) is 20.8 Å². The van der Waals surface area contributed by atoms with Crippen molar-refractivity contribution in [3.63, 3.8) is 0 Å². The lowest BCUT2D eigenvalue weighted by Crippen LogP contribution is -2.51. The third-order valence-corrected chi connectivity index (χ3v) is 4.41. The molecule has 1 aliphatic carbocycles. The summed E-state index contributed by atoms with van der Waals surface area (Å²) in [6, 6.07) is 0.0760. The minimum Gasteiger partial charge on any atom is -0.352 e. The van der Waals surface area contributed by atoms with E-state index in [4.69, 9.17) is 0 Å². The van der Waals surface area contributed by atoms with Gasteiger partial charge in [0, 0.05) is 18.0 Å². The molecule has 1 unspecified atom stereocenters. The molecule has 1 atom stereocenters. The Kier molecular flexibility index (Phi) is 4.71. The van der Waals surface area contributed by atoms with Crippen molar-refractivity contribution in [3.8, 4) is 0 Å². The maximum atomic E-state index is 12.5. The van der Waals surface area contributed by atoms with Crippen LogP contribution >= 0.6 is 0 Å². The van der Waals surface area contributed by atoms with E-state index < -0.39 is 5.41 Å². The first kappa shape index (κ1) is 15.3. The molecule has 1 N–H and O–H groups in total. The van der Waals surface area contributed by atoms with Gasteiger partial charge in [-0.3, -0.25) is 9.59 Å². The van der Waals surface area contributed by atoms with Crippen LogP contribution in [0.15, 0.2) is 0 Å². The first-order chi connectivity index (χ1) is 9.39. The molecule has 2 aliphatic rings. The van der Waals surface area contributed by atoms with Gasteiger partial charge >= 0.3 is 0 Å². The minimum atomic E-state index is -0.409. The SMILES string of the molecule is CC(C)(C)C(=O)N1CCCC1C(=O)NC1CCCCC1. The van der Waals surface area contributed by atoms with E-state index in [2.05, 4.69) is 5.32 Å². The van der Waals surface area contributed by atoms with Gasteiger partial charge in [-0.25, -0.2) is 0 Å². The summed E-state index contributed by atoms with van der Waals surface area (Å²) in [5.41, 5.74) is -0.409. The van der Waals surface area contributed by atoms with Gasteiger partial charge in [-0.05, 0) is 25.7 Å². The number of carbonyl (C=O) groups excluding carboxylic acids is 2. The van der Waals surface area contributed by atoms with Crippen molar-refractivity contribution >= 4 is 11.8 Å². The molecule has 1 aliphatic heterocycles. The quantitative estimate of drug-likeness (QED) is 0.844. The standard InChI is InChI=1S/C16H28N2O2/c1-16(2,3)15(20)18-11-7-10-13(18)14(19)17-12-8-5-4-6-9-12/h12-13H,4-11H2,1-3H3,(H,17,19). The van der Waals surface area contributed by atoms with E-state index in [0.29, 0.717) is 6.04 Å². The van der Waals surface area contributed by atoms with E-state index in [-0.39, 0.29) is 17.9 Å². The Morgan fingerprint density at radius 1 is 1.00 bits per heavy atom. The fraction of sp³-hybridized carbons (Fsp3) is 0.875. The molecular formula is C16H28N2O2. The maximum absolute atomic E-state index is 12.5. The lowest BCUT2D eigenvalue weighted by Gasteiger charge is -2.32. The molecular weight excluding hydrogens is 252 g/mol. The highest BCUT2D eigenvalue weighted by Crippen LogP contribution is 2.26. The molecule has 0 radical (unpaired) electrons. The summed E-state index contributed by atoms with van der Waals surface area (Å²) < 4.78 is 0. The van der Waals surface area contributed by atoms with Crippen LogP contribution in [0.3, 0.4) is 0 Å². The first-order valence-corrected chi connectivity index (χ1v) is 8.01. The molecule has 0 aromatic heterocycles. The number of carbonyl (C=O) groups is 2. The van der Waals surface area contributed by atoms with Gasteiger partial charge < -0.3 is 10.2 Å². The molecule has 4 heteroatoms. The topological polar surface area (TPSA) is 49.4 Å². The summed E-state index contributed by atoms with van der Waals surface area (Å²) in [7, 11) is 0. The largest absolute Gasteiger partial charge is 0.352 e. The molecule has 4 nitrogen and oxygen atoms in total. The van der Waals surface area contributed by atoms with Crippen LogP contribution in [0.2, 0.25) is 0 Å². The minimum absolute atomic E-state index is 0.0620. The second-order valence-electron chi connectivity index (χ2n) is 7.25. The van der Waals surface area contributed by atoms with E-state index in [1.54, 1.807) is 4.90 Å². The van der Waals surface area contributed by atoms with Gasteiger partial charge in [-0.15, -0.1) is 0 Å². The molecule has 1 saturated heterocycles. The average Bonchev–Trinajstić information content (AvgIpc) is 2.87. The van der Waals surface area contributed by atoms with E-state index in [0.717, 1.165) is 32.2 Å². The highest BCUT2D eigenvalue weighted by molar-refractivity contribution is 5.90. The smallest absolute Gasteiger partial charge is 0.243 e. The molecule has 2 rings (SSSR count). The molecule has 0 aromatic rings. The van der Waals surface area contributed by atoms with Crippen molar-refractivity contribution in [2.24, 2.45) is 5.41 Å². The summed E-state index contributed by atoms with van der Waals surface area (Å²) >= 11 is 0. The second-order valence-corrected chi connectivity index (χ2v) is 7.25. The molecule has 114 valence electrons. The molecule has 1 heterocycles. The third kappa shape index (κ3) is 3.53. The fourth-order valence-corrected chi connectivity index (χ4v) is 3.26. The number of hydrogen-bond donors (Lipinski definition) is 1. The van der Waals surface area contributed by atoms with Crippen LogP contribution in [-0.4, -0.2) is 35.3 Å². The van der Waals surface area contributed by atoms with Crippen LogP contribution in [0.1, 0.15) is 65.7 Å². The number of amides is 2. The highest BCUT2D eigenvalue weighted by Gasteiger charge is 2.38. The summed E-state index contributed by atoms with van der Waals surface area (Å²) in [5, 5.41) is 3.16. The van der Waals surface area contributed by atoms with Gasteiger partial charge in [0.2, 0.25) is 11.8 Å². The highest BCUT2D eigenvalue weighted by atomic mass is 16.2. The summed E-state index contributed by atoms with van der Waals surface area (Å²) in [6.07, 6.45) is 7.62. The van der Waals surface area contributed by atoms with E-state index in [1.165, 1.54) is 19.3 Å². The maximum Gasteiger partial charge on any atom is 0.243 e. The molecule has 2 fully saturated rings. The van der Waals surface area contributed by atoms with Crippen LogP contribution in [-0.2, 0) is 9.59 Å². The van der Waals surface area contributed by atoms with Gasteiger partial charge in [0.1, 0.15) is 6.04 Å². The van der Waals surface area contributed by atoms with Crippen molar-refractivity contribution in [3.05, 3.63) is 0 Å². The Balaban J connectivity index is 1.95. The van der Waals surface area contributed by atoms with E-state index in [9.17, 15) is 9.59 Å². The van der Waals surface area contributed by atoms with Crippen molar-refractivity contribution in [2.45, 2.75) is 77.8 Å². The van der Waals surface area contributed by atoms with Gasteiger partial charge in [0.05, 0.1) is 0 Å². The first-order valence-electron chi connectivity index (χ1n) is 8.01. The van der Waals surface area contributed by atoms with Gasteiger partial charge in [0.15, 0.2) is 0 Å². The van der Waals surface area contributed by atoms with Crippen LogP contribution in [0.4, 0.5) is 0 Å². The summed E-state index contributed by atoms with van der Waals surface area (Å²) in [5.74, 6) is 0.158. The zero-order valence-corrected chi connectivity index (χ0v) is 13.1. The third-order valence-electron chi connectivity index (χ3n) is 4.41. The Morgan fingerprint density at radius 3 is 2.25 bits per heavy atom. The predicted octanol–water partition coefficient (Wildman–Crippen LogP) is 2.47. The molecule has 0 aromatic carbocycles. The Morgan fingerprint density at radius 2 is 1.65 bits per heavy atom. The zero-order chi connectivity index (χ0) is 14.8.